The van der Waals surface area contributed by atoms with Crippen molar-refractivity contribution >= 4 is 11.6 Å². The van der Waals surface area contributed by atoms with Crippen LogP contribution in [0.2, 0.25) is 5.02 Å². The molecule has 80 valence electrons. The minimum Gasteiger partial charge on any atom is -0.300 e. The van der Waals surface area contributed by atoms with Crippen molar-refractivity contribution in [2.24, 2.45) is 0 Å². The third kappa shape index (κ3) is 3.23. The number of hydrogen-bond donors (Lipinski definition) is 1. The molecule has 0 bridgehead atoms. The second-order valence-electron chi connectivity index (χ2n) is 3.23. The van der Waals surface area contributed by atoms with Crippen LogP contribution >= 0.6 is 11.6 Å². The summed E-state index contributed by atoms with van der Waals surface area (Å²) in [6.45, 7) is 2.88. The van der Waals surface area contributed by atoms with E-state index in [2.05, 4.69) is 18.2 Å². The molecule has 0 aromatic heterocycles. The maximum absolute atomic E-state index is 12.9. The molecule has 0 radical (unpaired) electrons. The molecule has 1 N–H and O–H groups in total. The number of benzene rings is 1. The lowest BCUT2D eigenvalue weighted by Gasteiger charge is -2.13. The number of rotatable bonds is 4. The Balaban J connectivity index is 2.84. The van der Waals surface area contributed by atoms with Crippen molar-refractivity contribution in [2.75, 3.05) is 6.54 Å². The summed E-state index contributed by atoms with van der Waals surface area (Å²) in [6, 6.07) is 4.33. The third-order valence-corrected chi connectivity index (χ3v) is 2.33. The number of terminal acetylenes is 1. The Labute approximate surface area is 94.6 Å². The highest BCUT2D eigenvalue weighted by molar-refractivity contribution is 6.30. The van der Waals surface area contributed by atoms with Crippen molar-refractivity contribution in [1.82, 2.24) is 5.32 Å². The lowest BCUT2D eigenvalue weighted by molar-refractivity contribution is 0.613. The van der Waals surface area contributed by atoms with Crippen LogP contribution in [0.1, 0.15) is 24.9 Å². The van der Waals surface area contributed by atoms with Crippen molar-refractivity contribution in [3.8, 4) is 12.3 Å². The van der Waals surface area contributed by atoms with Gasteiger partial charge in [0.2, 0.25) is 0 Å². The molecule has 3 heteroatoms. The maximum atomic E-state index is 12.9. The van der Waals surface area contributed by atoms with Gasteiger partial charge in [-0.3, -0.25) is 0 Å². The van der Waals surface area contributed by atoms with Crippen LogP contribution in [0, 0.1) is 18.2 Å². The quantitative estimate of drug-likeness (QED) is 0.777. The van der Waals surface area contributed by atoms with E-state index < -0.39 is 5.82 Å². The van der Waals surface area contributed by atoms with Crippen LogP contribution in [0.4, 0.5) is 4.39 Å². The first-order chi connectivity index (χ1) is 7.19. The molecular formula is C12H13ClFN. The van der Waals surface area contributed by atoms with Gasteiger partial charge in [0.15, 0.2) is 0 Å². The van der Waals surface area contributed by atoms with Gasteiger partial charge >= 0.3 is 0 Å². The van der Waals surface area contributed by atoms with E-state index in [-0.39, 0.29) is 11.1 Å². The Morgan fingerprint density at radius 3 is 2.87 bits per heavy atom. The molecule has 0 aliphatic heterocycles. The van der Waals surface area contributed by atoms with Crippen LogP contribution in [0.15, 0.2) is 18.2 Å². The monoisotopic (exact) mass is 225 g/mol. The van der Waals surface area contributed by atoms with Crippen LogP contribution in [-0.4, -0.2) is 6.54 Å². The highest BCUT2D eigenvalue weighted by Gasteiger charge is 2.09. The number of nitrogens with one attached hydrogen (secondary N) is 1. The fraction of sp³-hybridized carbons (Fsp3) is 0.333. The summed E-state index contributed by atoms with van der Waals surface area (Å²) in [4.78, 5) is 0. The molecule has 1 unspecified atom stereocenters. The molecule has 0 aliphatic rings. The Kier molecular flexibility index (Phi) is 4.61. The van der Waals surface area contributed by atoms with Crippen LogP contribution in [-0.2, 0) is 0 Å². The average molecular weight is 226 g/mol. The first kappa shape index (κ1) is 12.0. The largest absolute Gasteiger partial charge is 0.300 e. The summed E-state index contributed by atoms with van der Waals surface area (Å²) in [5.41, 5.74) is 0.817. The molecule has 1 nitrogen and oxygen atoms in total. The minimum atomic E-state index is -0.424. The van der Waals surface area contributed by atoms with Gasteiger partial charge in [0.25, 0.3) is 0 Å². The predicted molar refractivity (Wildman–Crippen MR) is 61.3 cm³/mol. The van der Waals surface area contributed by atoms with Crippen molar-refractivity contribution in [3.63, 3.8) is 0 Å². The Morgan fingerprint density at radius 1 is 1.60 bits per heavy atom. The van der Waals surface area contributed by atoms with Crippen LogP contribution in [0.3, 0.4) is 0 Å². The smallest absolute Gasteiger partial charge is 0.141 e. The van der Waals surface area contributed by atoms with E-state index in [1.54, 1.807) is 12.1 Å². The summed E-state index contributed by atoms with van der Waals surface area (Å²) in [5.74, 6) is 2.18. The van der Waals surface area contributed by atoms with E-state index >= 15 is 0 Å². The second kappa shape index (κ2) is 5.75. The van der Waals surface area contributed by atoms with Crippen molar-refractivity contribution in [3.05, 3.63) is 34.6 Å². The zero-order valence-electron chi connectivity index (χ0n) is 8.56. The summed E-state index contributed by atoms with van der Waals surface area (Å²) < 4.78 is 12.9. The molecule has 0 heterocycles. The molecule has 0 saturated carbocycles. The highest BCUT2D eigenvalue weighted by Crippen LogP contribution is 2.20. The summed E-state index contributed by atoms with van der Waals surface area (Å²) >= 11 is 5.68. The number of halogens is 2. The Morgan fingerprint density at radius 2 is 2.33 bits per heavy atom. The van der Waals surface area contributed by atoms with Gasteiger partial charge in [0, 0.05) is 0 Å². The highest BCUT2D eigenvalue weighted by atomic mass is 35.5. The van der Waals surface area contributed by atoms with E-state index in [0.29, 0.717) is 0 Å². The molecule has 0 spiro atoms. The first-order valence-corrected chi connectivity index (χ1v) is 5.21. The lowest BCUT2D eigenvalue weighted by atomic mass is 10.1. The zero-order valence-corrected chi connectivity index (χ0v) is 9.31. The molecule has 0 saturated heterocycles. The van der Waals surface area contributed by atoms with E-state index in [0.717, 1.165) is 18.5 Å². The third-order valence-electron chi connectivity index (χ3n) is 2.04. The van der Waals surface area contributed by atoms with Gasteiger partial charge < -0.3 is 5.32 Å². The van der Waals surface area contributed by atoms with Gasteiger partial charge in [-0.1, -0.05) is 30.5 Å². The number of hydrogen-bond acceptors (Lipinski definition) is 1. The van der Waals surface area contributed by atoms with Crippen LogP contribution in [0.5, 0.6) is 0 Å². The Hall–Kier alpha value is -1.04. The van der Waals surface area contributed by atoms with Gasteiger partial charge in [0.05, 0.1) is 11.1 Å². The molecule has 0 amide bonds. The van der Waals surface area contributed by atoms with Crippen molar-refractivity contribution in [1.29, 1.82) is 0 Å². The van der Waals surface area contributed by atoms with Crippen LogP contribution in [0.25, 0.3) is 0 Å². The SMILES string of the molecule is C#CC(NCCC)c1ccc(F)c(Cl)c1. The van der Waals surface area contributed by atoms with Crippen molar-refractivity contribution in [2.45, 2.75) is 19.4 Å². The van der Waals surface area contributed by atoms with Crippen LogP contribution < -0.4 is 5.32 Å². The predicted octanol–water partition coefficient (Wildman–Crippen LogP) is 3.15. The molecular weight excluding hydrogens is 213 g/mol. The van der Waals surface area contributed by atoms with Gasteiger partial charge in [-0.2, -0.15) is 0 Å². The van der Waals surface area contributed by atoms with E-state index in [4.69, 9.17) is 18.0 Å². The van der Waals surface area contributed by atoms with Crippen molar-refractivity contribution < 1.29 is 4.39 Å². The topological polar surface area (TPSA) is 12.0 Å². The Bertz CT molecular complexity index is 370. The fourth-order valence-electron chi connectivity index (χ4n) is 1.25. The summed E-state index contributed by atoms with van der Waals surface area (Å²) in [5, 5.41) is 3.27. The molecule has 1 rings (SSSR count). The van der Waals surface area contributed by atoms with Gasteiger partial charge in [-0.05, 0) is 30.7 Å². The fourth-order valence-corrected chi connectivity index (χ4v) is 1.44. The summed E-state index contributed by atoms with van der Waals surface area (Å²) in [7, 11) is 0. The van der Waals surface area contributed by atoms with E-state index in [9.17, 15) is 4.39 Å². The zero-order chi connectivity index (χ0) is 11.3. The molecule has 1 aromatic carbocycles. The van der Waals surface area contributed by atoms with E-state index in [1.165, 1.54) is 6.07 Å². The molecule has 1 atom stereocenters. The average Bonchev–Trinajstić information content (AvgIpc) is 2.24. The lowest BCUT2D eigenvalue weighted by Crippen LogP contribution is -2.20. The molecule has 0 aliphatic carbocycles. The first-order valence-electron chi connectivity index (χ1n) is 4.83. The molecule has 15 heavy (non-hydrogen) atoms. The molecule has 0 fully saturated rings. The van der Waals surface area contributed by atoms with Gasteiger partial charge in [-0.25, -0.2) is 4.39 Å². The second-order valence-corrected chi connectivity index (χ2v) is 3.63. The van der Waals surface area contributed by atoms with E-state index in [1.807, 2.05) is 0 Å². The standard InChI is InChI=1S/C12H13ClFN/c1-3-7-15-12(4-2)9-5-6-11(14)10(13)8-9/h2,5-6,8,12,15H,3,7H2,1H3. The normalized spacial score (nSPS) is 12.1. The molecule has 1 aromatic rings. The van der Waals surface area contributed by atoms with Gasteiger partial charge in [0.1, 0.15) is 5.82 Å². The maximum Gasteiger partial charge on any atom is 0.141 e. The minimum absolute atomic E-state index is 0.103. The van der Waals surface area contributed by atoms with Gasteiger partial charge in [-0.15, -0.1) is 6.42 Å². The summed E-state index contributed by atoms with van der Waals surface area (Å²) in [6.07, 6.45) is 6.38.